The third kappa shape index (κ3) is 4.71. The molecule has 2 amide bonds. The number of carbonyl (C=O) groups excluding carboxylic acids is 2. The molecule has 1 aliphatic heterocycles. The predicted molar refractivity (Wildman–Crippen MR) is 144 cm³/mol. The highest BCUT2D eigenvalue weighted by atomic mass is 16.2. The predicted octanol–water partition coefficient (Wildman–Crippen LogP) is 4.52. The van der Waals surface area contributed by atoms with E-state index in [0.717, 1.165) is 84.5 Å². The maximum absolute atomic E-state index is 13.1. The van der Waals surface area contributed by atoms with E-state index in [1.807, 2.05) is 42.6 Å². The molecule has 7 nitrogen and oxygen atoms in total. The van der Waals surface area contributed by atoms with E-state index < -0.39 is 0 Å². The second-order valence-corrected chi connectivity index (χ2v) is 9.37. The fraction of sp³-hybridized carbons (Fsp3) is 0.345. The first-order chi connectivity index (χ1) is 17.6. The van der Waals surface area contributed by atoms with Gasteiger partial charge in [0.15, 0.2) is 0 Å². The van der Waals surface area contributed by atoms with Crippen LogP contribution in [0.15, 0.2) is 42.7 Å². The van der Waals surface area contributed by atoms with E-state index in [9.17, 15) is 9.59 Å². The van der Waals surface area contributed by atoms with Gasteiger partial charge < -0.3 is 20.5 Å². The molecule has 186 valence electrons. The van der Waals surface area contributed by atoms with Crippen molar-refractivity contribution in [3.63, 3.8) is 0 Å². The van der Waals surface area contributed by atoms with Gasteiger partial charge in [-0.05, 0) is 73.7 Å². The molecule has 0 fully saturated rings. The van der Waals surface area contributed by atoms with Crippen molar-refractivity contribution in [3.8, 4) is 11.1 Å². The van der Waals surface area contributed by atoms with Gasteiger partial charge in [0, 0.05) is 48.0 Å². The Morgan fingerprint density at radius 1 is 1.11 bits per heavy atom. The molecule has 0 bridgehead atoms. The Bertz CT molecular complexity index is 1300. The Balaban J connectivity index is 1.43. The van der Waals surface area contributed by atoms with Gasteiger partial charge in [0.1, 0.15) is 5.69 Å². The van der Waals surface area contributed by atoms with Gasteiger partial charge >= 0.3 is 0 Å². The van der Waals surface area contributed by atoms with Crippen LogP contribution in [0.5, 0.6) is 0 Å². The van der Waals surface area contributed by atoms with E-state index >= 15 is 0 Å². The first-order valence-corrected chi connectivity index (χ1v) is 12.9. The third-order valence-electron chi connectivity index (χ3n) is 7.28. The summed E-state index contributed by atoms with van der Waals surface area (Å²) >= 11 is 0. The molecule has 3 aromatic rings. The van der Waals surface area contributed by atoms with Gasteiger partial charge in [0.05, 0.1) is 5.57 Å². The molecule has 0 atom stereocenters. The first kappa shape index (κ1) is 24.0. The molecule has 0 radical (unpaired) electrons. The molecule has 5 rings (SSSR count). The molecule has 7 heteroatoms. The number of amides is 2. The summed E-state index contributed by atoms with van der Waals surface area (Å²) in [7, 11) is 0. The van der Waals surface area contributed by atoms with Crippen LogP contribution in [0.2, 0.25) is 0 Å². The molecular weight excluding hydrogens is 450 g/mol. The van der Waals surface area contributed by atoms with Gasteiger partial charge in [-0.1, -0.05) is 32.0 Å². The van der Waals surface area contributed by atoms with Crippen LogP contribution in [0.1, 0.15) is 59.6 Å². The zero-order valence-electron chi connectivity index (χ0n) is 21.0. The summed E-state index contributed by atoms with van der Waals surface area (Å²) in [4.78, 5) is 35.9. The van der Waals surface area contributed by atoms with Gasteiger partial charge in [0.25, 0.3) is 11.8 Å². The number of benzene rings is 1. The molecule has 0 unspecified atom stereocenters. The third-order valence-corrected chi connectivity index (χ3v) is 7.28. The summed E-state index contributed by atoms with van der Waals surface area (Å²) in [5.41, 5.74) is 8.06. The van der Waals surface area contributed by atoms with Crippen molar-refractivity contribution < 1.29 is 9.59 Å². The lowest BCUT2D eigenvalue weighted by Gasteiger charge is -2.18. The van der Waals surface area contributed by atoms with Crippen LogP contribution in [0.25, 0.3) is 22.8 Å². The normalized spacial score (nSPS) is 15.6. The minimum atomic E-state index is -0.127. The van der Waals surface area contributed by atoms with E-state index in [4.69, 9.17) is 0 Å². The first-order valence-electron chi connectivity index (χ1n) is 12.9. The molecule has 1 aliphatic carbocycles. The zero-order valence-corrected chi connectivity index (χ0v) is 21.0. The molecule has 3 heterocycles. The number of aromatic nitrogens is 2. The van der Waals surface area contributed by atoms with Crippen molar-refractivity contribution in [1.82, 2.24) is 20.2 Å². The van der Waals surface area contributed by atoms with E-state index in [1.165, 1.54) is 0 Å². The Labute approximate surface area is 212 Å². The Morgan fingerprint density at radius 2 is 1.92 bits per heavy atom. The number of anilines is 1. The number of likely N-dealkylation sites (N-methyl/N-ethyl adjacent to an activating group) is 1. The number of hydrogen-bond donors (Lipinski definition) is 3. The largest absolute Gasteiger partial charge is 0.351 e. The molecule has 36 heavy (non-hydrogen) atoms. The average molecular weight is 484 g/mol. The average Bonchev–Trinajstić information content (AvgIpc) is 3.44. The second kappa shape index (κ2) is 10.5. The van der Waals surface area contributed by atoms with Gasteiger partial charge in [-0.15, -0.1) is 0 Å². The number of nitrogens with zero attached hydrogens (tertiary/aromatic N) is 2. The summed E-state index contributed by atoms with van der Waals surface area (Å²) < 4.78 is 0. The number of aromatic amines is 1. The quantitative estimate of drug-likeness (QED) is 0.411. The molecule has 0 saturated heterocycles. The van der Waals surface area contributed by atoms with Crippen LogP contribution in [0.3, 0.4) is 0 Å². The molecular formula is C29H33N5O2. The second-order valence-electron chi connectivity index (χ2n) is 9.37. The lowest BCUT2D eigenvalue weighted by Crippen LogP contribution is -2.35. The summed E-state index contributed by atoms with van der Waals surface area (Å²) in [6.07, 6.45) is 9.42. The standard InChI is InChI=1S/C29H33N5O2/c1-3-34(4-2)15-14-31-29(36)27-23-10-6-5-9-21(23)26(32-27)17-24-22-12-11-19(16-25(22)33-28(24)35)20-8-7-13-30-18-20/h7-8,11-13,16-18,32H,3-6,9-10,14-15H2,1-2H3,(H,31,36)(H,33,35). The highest BCUT2D eigenvalue weighted by Gasteiger charge is 2.28. The van der Waals surface area contributed by atoms with E-state index in [1.54, 1.807) is 6.20 Å². The molecule has 0 spiro atoms. The number of rotatable bonds is 8. The van der Waals surface area contributed by atoms with Crippen LogP contribution in [0.4, 0.5) is 5.69 Å². The number of fused-ring (bicyclic) bond motifs is 2. The molecule has 1 aromatic carbocycles. The van der Waals surface area contributed by atoms with E-state index in [2.05, 4.69) is 39.3 Å². The Morgan fingerprint density at radius 3 is 2.67 bits per heavy atom. The molecule has 0 saturated carbocycles. The van der Waals surface area contributed by atoms with Crippen LogP contribution >= 0.6 is 0 Å². The zero-order chi connectivity index (χ0) is 25.1. The van der Waals surface area contributed by atoms with Gasteiger partial charge in [-0.25, -0.2) is 0 Å². The van der Waals surface area contributed by atoms with Crippen LogP contribution < -0.4 is 10.6 Å². The topological polar surface area (TPSA) is 90.1 Å². The smallest absolute Gasteiger partial charge is 0.268 e. The van der Waals surface area contributed by atoms with E-state index in [-0.39, 0.29) is 11.8 Å². The maximum Gasteiger partial charge on any atom is 0.268 e. The lowest BCUT2D eigenvalue weighted by molar-refractivity contribution is -0.110. The monoisotopic (exact) mass is 483 g/mol. The molecule has 2 aliphatic rings. The Hall–Kier alpha value is -3.71. The van der Waals surface area contributed by atoms with Crippen molar-refractivity contribution >= 4 is 29.2 Å². The van der Waals surface area contributed by atoms with Crippen LogP contribution in [-0.4, -0.2) is 52.9 Å². The summed E-state index contributed by atoms with van der Waals surface area (Å²) in [6.45, 7) is 7.63. The number of pyridine rings is 1. The number of hydrogen-bond acceptors (Lipinski definition) is 4. The minimum absolute atomic E-state index is 0.0673. The molecule has 2 aromatic heterocycles. The summed E-state index contributed by atoms with van der Waals surface area (Å²) in [5, 5.41) is 6.10. The molecule has 3 N–H and O–H groups in total. The summed E-state index contributed by atoms with van der Waals surface area (Å²) in [5.74, 6) is -0.194. The van der Waals surface area contributed by atoms with Gasteiger partial charge in [-0.2, -0.15) is 0 Å². The van der Waals surface area contributed by atoms with Crippen molar-refractivity contribution in [1.29, 1.82) is 0 Å². The highest BCUT2D eigenvalue weighted by molar-refractivity contribution is 6.35. The number of H-pyrrole nitrogens is 1. The van der Waals surface area contributed by atoms with Crippen molar-refractivity contribution in [3.05, 3.63) is 70.8 Å². The summed E-state index contributed by atoms with van der Waals surface area (Å²) in [6, 6.07) is 9.89. The van der Waals surface area contributed by atoms with Crippen molar-refractivity contribution in [2.24, 2.45) is 0 Å². The van der Waals surface area contributed by atoms with Crippen LogP contribution in [0, 0.1) is 0 Å². The van der Waals surface area contributed by atoms with Gasteiger partial charge in [-0.3, -0.25) is 14.6 Å². The minimum Gasteiger partial charge on any atom is -0.351 e. The number of carbonyl (C=O) groups is 2. The number of nitrogens with one attached hydrogen (secondary N) is 3. The fourth-order valence-electron chi connectivity index (χ4n) is 5.23. The van der Waals surface area contributed by atoms with Crippen molar-refractivity contribution in [2.75, 3.05) is 31.5 Å². The fourth-order valence-corrected chi connectivity index (χ4v) is 5.23. The lowest BCUT2D eigenvalue weighted by atomic mass is 9.91. The van der Waals surface area contributed by atoms with Crippen molar-refractivity contribution in [2.45, 2.75) is 39.5 Å². The van der Waals surface area contributed by atoms with E-state index in [0.29, 0.717) is 17.8 Å². The maximum atomic E-state index is 13.1. The van der Waals surface area contributed by atoms with Gasteiger partial charge in [0.2, 0.25) is 0 Å². The van der Waals surface area contributed by atoms with Crippen LogP contribution in [-0.2, 0) is 17.6 Å². The SMILES string of the molecule is CCN(CC)CCNC(=O)c1[nH]c(C=C2C(=O)Nc3cc(-c4cccnc4)ccc32)c2c1CCCC2. The highest BCUT2D eigenvalue weighted by Crippen LogP contribution is 2.37. The Kier molecular flexibility index (Phi) is 7.00.